The number of isocyanates is 2. The SMILES string of the molecule is CC(O)COC(C)CO.Cc1ccc(N=C=O)cc1N=C=O. The van der Waals surface area contributed by atoms with Crippen molar-refractivity contribution >= 4 is 23.5 Å². The Labute approximate surface area is 129 Å². The van der Waals surface area contributed by atoms with Crippen LogP contribution in [-0.2, 0) is 14.3 Å². The molecule has 2 unspecified atom stereocenters. The maximum absolute atomic E-state index is 10.00. The molecule has 7 heteroatoms. The van der Waals surface area contributed by atoms with Gasteiger partial charge in [0.25, 0.3) is 0 Å². The Morgan fingerprint density at radius 1 is 1.23 bits per heavy atom. The monoisotopic (exact) mass is 308 g/mol. The Hall–Kier alpha value is -2.14. The van der Waals surface area contributed by atoms with Crippen molar-refractivity contribution in [2.45, 2.75) is 33.0 Å². The molecule has 0 heterocycles. The molecule has 2 N–H and O–H groups in total. The van der Waals surface area contributed by atoms with E-state index in [-0.39, 0.29) is 12.7 Å². The molecule has 0 saturated heterocycles. The Bertz CT molecular complexity index is 547. The van der Waals surface area contributed by atoms with E-state index in [2.05, 4.69) is 9.98 Å². The fourth-order valence-corrected chi connectivity index (χ4v) is 1.25. The lowest BCUT2D eigenvalue weighted by Crippen LogP contribution is -2.19. The summed E-state index contributed by atoms with van der Waals surface area (Å²) in [6.07, 6.45) is 2.22. The van der Waals surface area contributed by atoms with E-state index in [1.807, 2.05) is 0 Å². The molecular formula is C15H20N2O5. The number of aliphatic imine (C=N–C) groups is 2. The van der Waals surface area contributed by atoms with Crippen LogP contribution in [-0.4, -0.2) is 47.8 Å². The number of hydrogen-bond acceptors (Lipinski definition) is 7. The lowest BCUT2D eigenvalue weighted by molar-refractivity contribution is -0.0177. The molecule has 120 valence electrons. The Balaban J connectivity index is 0.000000433. The van der Waals surface area contributed by atoms with Gasteiger partial charge in [-0.1, -0.05) is 6.07 Å². The second-order valence-electron chi connectivity index (χ2n) is 4.55. The lowest BCUT2D eigenvalue weighted by Gasteiger charge is -2.10. The van der Waals surface area contributed by atoms with Crippen LogP contribution in [0.5, 0.6) is 0 Å². The van der Waals surface area contributed by atoms with E-state index in [9.17, 15) is 9.59 Å². The van der Waals surface area contributed by atoms with Crippen LogP contribution in [0.2, 0.25) is 0 Å². The molecule has 0 aliphatic rings. The van der Waals surface area contributed by atoms with Gasteiger partial charge < -0.3 is 14.9 Å². The predicted octanol–water partition coefficient (Wildman–Crippen LogP) is 1.69. The third kappa shape index (κ3) is 8.92. The van der Waals surface area contributed by atoms with Crippen LogP contribution in [0.4, 0.5) is 11.4 Å². The highest BCUT2D eigenvalue weighted by atomic mass is 16.5. The minimum atomic E-state index is -0.445. The summed E-state index contributed by atoms with van der Waals surface area (Å²) in [7, 11) is 0. The quantitative estimate of drug-likeness (QED) is 0.614. The van der Waals surface area contributed by atoms with E-state index in [4.69, 9.17) is 14.9 Å². The first-order chi connectivity index (χ1) is 10.4. The number of hydrogen-bond donors (Lipinski definition) is 2. The van der Waals surface area contributed by atoms with E-state index in [0.717, 1.165) is 5.56 Å². The van der Waals surface area contributed by atoms with Crippen LogP contribution < -0.4 is 0 Å². The molecule has 1 rings (SSSR count). The summed E-state index contributed by atoms with van der Waals surface area (Å²) < 4.78 is 4.95. The van der Waals surface area contributed by atoms with Gasteiger partial charge in [0.05, 0.1) is 36.8 Å². The Morgan fingerprint density at radius 2 is 1.86 bits per heavy atom. The van der Waals surface area contributed by atoms with Gasteiger partial charge >= 0.3 is 0 Å². The zero-order valence-electron chi connectivity index (χ0n) is 12.8. The largest absolute Gasteiger partial charge is 0.394 e. The lowest BCUT2D eigenvalue weighted by atomic mass is 10.2. The average Bonchev–Trinajstić information content (AvgIpc) is 2.49. The minimum absolute atomic E-state index is 0.00667. The second kappa shape index (κ2) is 11.5. The summed E-state index contributed by atoms with van der Waals surface area (Å²) in [5, 5.41) is 17.1. The standard InChI is InChI=1S/C9H6N2O2.C6H14O3/c1-7-2-3-8(10-5-12)4-9(7)11-6-13;1-5(8)4-9-6(2)3-7/h2-4H,1H3;5-8H,3-4H2,1-2H3. The highest BCUT2D eigenvalue weighted by Crippen LogP contribution is 2.23. The van der Waals surface area contributed by atoms with Crippen LogP contribution in [0.3, 0.4) is 0 Å². The highest BCUT2D eigenvalue weighted by molar-refractivity contribution is 5.61. The van der Waals surface area contributed by atoms with Gasteiger partial charge in [0.15, 0.2) is 0 Å². The molecule has 7 nitrogen and oxygen atoms in total. The Kier molecular flexibility index (Phi) is 10.4. The van der Waals surface area contributed by atoms with Gasteiger partial charge in [-0.25, -0.2) is 9.59 Å². The van der Waals surface area contributed by atoms with Crippen molar-refractivity contribution in [3.63, 3.8) is 0 Å². The van der Waals surface area contributed by atoms with Crippen LogP contribution in [0, 0.1) is 6.92 Å². The molecule has 0 fully saturated rings. The summed E-state index contributed by atoms with van der Waals surface area (Å²) in [5.41, 5.74) is 1.72. The number of aliphatic hydroxyl groups is 2. The first-order valence-corrected chi connectivity index (χ1v) is 6.61. The maximum Gasteiger partial charge on any atom is 0.240 e. The van der Waals surface area contributed by atoms with Crippen LogP contribution in [0.15, 0.2) is 28.2 Å². The van der Waals surface area contributed by atoms with Crippen molar-refractivity contribution in [1.82, 2.24) is 0 Å². The summed E-state index contributed by atoms with van der Waals surface area (Å²) in [5.74, 6) is 0. The molecule has 0 aromatic heterocycles. The number of aryl methyl sites for hydroxylation is 1. The number of carbonyl (C=O) groups excluding carboxylic acids is 2. The van der Waals surface area contributed by atoms with Gasteiger partial charge in [0.1, 0.15) is 0 Å². The fourth-order valence-electron chi connectivity index (χ4n) is 1.25. The van der Waals surface area contributed by atoms with Crippen LogP contribution >= 0.6 is 0 Å². The van der Waals surface area contributed by atoms with Gasteiger partial charge in [-0.15, -0.1) is 0 Å². The first kappa shape index (κ1) is 19.9. The second-order valence-corrected chi connectivity index (χ2v) is 4.55. The molecule has 0 amide bonds. The van der Waals surface area contributed by atoms with Gasteiger partial charge in [-0.2, -0.15) is 9.98 Å². The van der Waals surface area contributed by atoms with Crippen LogP contribution in [0.1, 0.15) is 19.4 Å². The molecule has 0 radical (unpaired) electrons. The number of nitrogens with zero attached hydrogens (tertiary/aromatic N) is 2. The van der Waals surface area contributed by atoms with E-state index in [1.54, 1.807) is 32.9 Å². The Morgan fingerprint density at radius 3 is 2.36 bits per heavy atom. The zero-order chi connectivity index (χ0) is 17.0. The topological polar surface area (TPSA) is 109 Å². The van der Waals surface area contributed by atoms with Gasteiger partial charge in [-0.05, 0) is 38.5 Å². The van der Waals surface area contributed by atoms with E-state index < -0.39 is 6.10 Å². The summed E-state index contributed by atoms with van der Waals surface area (Å²) in [6, 6.07) is 4.88. The third-order valence-corrected chi connectivity index (χ3v) is 2.41. The first-order valence-electron chi connectivity index (χ1n) is 6.61. The highest BCUT2D eigenvalue weighted by Gasteiger charge is 2.00. The van der Waals surface area contributed by atoms with Crippen molar-refractivity contribution < 1.29 is 24.5 Å². The molecule has 22 heavy (non-hydrogen) atoms. The summed E-state index contributed by atoms with van der Waals surface area (Å²) in [4.78, 5) is 26.8. The smallest absolute Gasteiger partial charge is 0.240 e. The number of aliphatic hydroxyl groups excluding tert-OH is 2. The number of ether oxygens (including phenoxy) is 1. The van der Waals surface area contributed by atoms with Crippen molar-refractivity contribution in [3.05, 3.63) is 23.8 Å². The van der Waals surface area contributed by atoms with Crippen LogP contribution in [0.25, 0.3) is 0 Å². The van der Waals surface area contributed by atoms with Crippen molar-refractivity contribution in [1.29, 1.82) is 0 Å². The van der Waals surface area contributed by atoms with Crippen molar-refractivity contribution in [3.8, 4) is 0 Å². The summed E-state index contributed by atoms with van der Waals surface area (Å²) in [6.45, 7) is 5.49. The fraction of sp³-hybridized carbons (Fsp3) is 0.467. The van der Waals surface area contributed by atoms with Gasteiger partial charge in [0, 0.05) is 0 Å². The molecular weight excluding hydrogens is 288 g/mol. The van der Waals surface area contributed by atoms with Crippen molar-refractivity contribution in [2.24, 2.45) is 9.98 Å². The predicted molar refractivity (Wildman–Crippen MR) is 80.9 cm³/mol. The van der Waals surface area contributed by atoms with E-state index in [0.29, 0.717) is 18.0 Å². The minimum Gasteiger partial charge on any atom is -0.394 e. The van der Waals surface area contributed by atoms with Gasteiger partial charge in [-0.3, -0.25) is 0 Å². The zero-order valence-corrected chi connectivity index (χ0v) is 12.8. The van der Waals surface area contributed by atoms with E-state index >= 15 is 0 Å². The summed E-state index contributed by atoms with van der Waals surface area (Å²) >= 11 is 0. The molecule has 0 bridgehead atoms. The maximum atomic E-state index is 10.00. The molecule has 0 aliphatic carbocycles. The third-order valence-electron chi connectivity index (χ3n) is 2.41. The molecule has 0 spiro atoms. The molecule has 0 aliphatic heterocycles. The average molecular weight is 308 g/mol. The number of benzene rings is 1. The van der Waals surface area contributed by atoms with Gasteiger partial charge in [0.2, 0.25) is 12.2 Å². The number of rotatable bonds is 6. The van der Waals surface area contributed by atoms with E-state index in [1.165, 1.54) is 18.2 Å². The molecule has 0 saturated carbocycles. The molecule has 1 aromatic rings. The molecule has 2 atom stereocenters. The van der Waals surface area contributed by atoms with Crippen molar-refractivity contribution in [2.75, 3.05) is 13.2 Å². The normalized spacial score (nSPS) is 12.0. The molecule has 1 aromatic carbocycles.